The van der Waals surface area contributed by atoms with E-state index < -0.39 is 4.92 Å². The summed E-state index contributed by atoms with van der Waals surface area (Å²) in [6, 6.07) is 6.32. The lowest BCUT2D eigenvalue weighted by Crippen LogP contribution is -2.25. The molecule has 3 N–H and O–H groups in total. The van der Waals surface area contributed by atoms with Crippen molar-refractivity contribution in [3.63, 3.8) is 0 Å². The van der Waals surface area contributed by atoms with E-state index in [1.54, 1.807) is 12.1 Å². The van der Waals surface area contributed by atoms with Gasteiger partial charge in [-0.1, -0.05) is 0 Å². The van der Waals surface area contributed by atoms with Gasteiger partial charge in [0.2, 0.25) is 0 Å². The van der Waals surface area contributed by atoms with Crippen LogP contribution >= 0.6 is 0 Å². The molecule has 1 atom stereocenters. The van der Waals surface area contributed by atoms with E-state index in [0.29, 0.717) is 6.54 Å². The molecule has 0 amide bonds. The summed E-state index contributed by atoms with van der Waals surface area (Å²) < 4.78 is 0. The van der Waals surface area contributed by atoms with E-state index in [-0.39, 0.29) is 11.7 Å². The summed E-state index contributed by atoms with van der Waals surface area (Å²) in [5.41, 5.74) is 6.48. The van der Waals surface area contributed by atoms with Crippen molar-refractivity contribution < 1.29 is 4.92 Å². The molecule has 14 heavy (non-hydrogen) atoms. The van der Waals surface area contributed by atoms with E-state index in [9.17, 15) is 10.1 Å². The Morgan fingerprint density at radius 3 is 2.50 bits per heavy atom. The van der Waals surface area contributed by atoms with Crippen molar-refractivity contribution in [1.29, 1.82) is 0 Å². The van der Waals surface area contributed by atoms with Gasteiger partial charge in [0.1, 0.15) is 0 Å². The number of nitrogens with one attached hydrogen (secondary N) is 1. The molecule has 0 bridgehead atoms. The Morgan fingerprint density at radius 2 is 2.07 bits per heavy atom. The van der Waals surface area contributed by atoms with Crippen LogP contribution in [0.4, 0.5) is 11.4 Å². The fourth-order valence-electron chi connectivity index (χ4n) is 0.980. The van der Waals surface area contributed by atoms with Gasteiger partial charge in [0.15, 0.2) is 0 Å². The van der Waals surface area contributed by atoms with E-state index in [0.717, 1.165) is 5.69 Å². The maximum absolute atomic E-state index is 10.3. The average molecular weight is 195 g/mol. The molecule has 0 heterocycles. The van der Waals surface area contributed by atoms with Crippen LogP contribution in [-0.4, -0.2) is 17.5 Å². The first-order valence-electron chi connectivity index (χ1n) is 4.33. The van der Waals surface area contributed by atoms with Crippen LogP contribution < -0.4 is 11.1 Å². The first kappa shape index (κ1) is 10.5. The van der Waals surface area contributed by atoms with Gasteiger partial charge in [-0.25, -0.2) is 0 Å². The fourth-order valence-corrected chi connectivity index (χ4v) is 0.980. The Morgan fingerprint density at radius 1 is 1.50 bits per heavy atom. The molecule has 0 saturated heterocycles. The molecule has 0 radical (unpaired) electrons. The van der Waals surface area contributed by atoms with Gasteiger partial charge < -0.3 is 11.1 Å². The molecular formula is C9H13N3O2. The standard InChI is InChI=1S/C9H13N3O2/c1-7(10)6-11-8-2-4-9(5-3-8)12(13)14/h2-5,7,11H,6,10H2,1H3/t7-/m1/s1. The van der Waals surface area contributed by atoms with E-state index in [4.69, 9.17) is 5.73 Å². The van der Waals surface area contributed by atoms with Crippen molar-refractivity contribution >= 4 is 11.4 Å². The molecular weight excluding hydrogens is 182 g/mol. The van der Waals surface area contributed by atoms with Crippen molar-refractivity contribution in [2.45, 2.75) is 13.0 Å². The van der Waals surface area contributed by atoms with Crippen LogP contribution in [0.15, 0.2) is 24.3 Å². The maximum atomic E-state index is 10.3. The third-order valence-electron chi connectivity index (χ3n) is 1.71. The molecule has 0 spiro atoms. The first-order valence-corrected chi connectivity index (χ1v) is 4.33. The monoisotopic (exact) mass is 195 g/mol. The highest BCUT2D eigenvalue weighted by molar-refractivity contribution is 5.48. The number of hydrogen-bond donors (Lipinski definition) is 2. The minimum absolute atomic E-state index is 0.0604. The molecule has 0 unspecified atom stereocenters. The predicted octanol–water partition coefficient (Wildman–Crippen LogP) is 1.35. The quantitative estimate of drug-likeness (QED) is 0.561. The largest absolute Gasteiger partial charge is 0.383 e. The smallest absolute Gasteiger partial charge is 0.269 e. The topological polar surface area (TPSA) is 81.2 Å². The number of anilines is 1. The van der Waals surface area contributed by atoms with Crippen LogP contribution in [0.1, 0.15) is 6.92 Å². The van der Waals surface area contributed by atoms with Crippen molar-refractivity contribution in [2.75, 3.05) is 11.9 Å². The summed E-state index contributed by atoms with van der Waals surface area (Å²) >= 11 is 0. The summed E-state index contributed by atoms with van der Waals surface area (Å²) in [5, 5.41) is 13.4. The van der Waals surface area contributed by atoms with Gasteiger partial charge in [-0.3, -0.25) is 10.1 Å². The molecule has 5 heteroatoms. The fraction of sp³-hybridized carbons (Fsp3) is 0.333. The van der Waals surface area contributed by atoms with Gasteiger partial charge in [-0.05, 0) is 19.1 Å². The zero-order valence-corrected chi connectivity index (χ0v) is 7.93. The number of rotatable bonds is 4. The van der Waals surface area contributed by atoms with Crippen molar-refractivity contribution in [3.8, 4) is 0 Å². The number of nitro groups is 1. The van der Waals surface area contributed by atoms with Gasteiger partial charge in [-0.2, -0.15) is 0 Å². The predicted molar refractivity (Wildman–Crippen MR) is 55.2 cm³/mol. The average Bonchev–Trinajstić information content (AvgIpc) is 2.15. The zero-order valence-electron chi connectivity index (χ0n) is 7.93. The molecule has 0 aliphatic heterocycles. The summed E-state index contributed by atoms with van der Waals surface area (Å²) in [7, 11) is 0. The number of nitrogens with zero attached hydrogens (tertiary/aromatic N) is 1. The highest BCUT2D eigenvalue weighted by Crippen LogP contribution is 2.14. The van der Waals surface area contributed by atoms with Crippen LogP contribution in [0.2, 0.25) is 0 Å². The Kier molecular flexibility index (Phi) is 3.41. The van der Waals surface area contributed by atoms with Gasteiger partial charge in [0.25, 0.3) is 5.69 Å². The summed E-state index contributed by atoms with van der Waals surface area (Å²) in [6.07, 6.45) is 0. The lowest BCUT2D eigenvalue weighted by molar-refractivity contribution is -0.384. The second-order valence-electron chi connectivity index (χ2n) is 3.16. The number of benzene rings is 1. The number of hydrogen-bond acceptors (Lipinski definition) is 4. The number of nitrogens with two attached hydrogens (primary N) is 1. The summed E-state index contributed by atoms with van der Waals surface area (Å²) in [6.45, 7) is 2.54. The van der Waals surface area contributed by atoms with E-state index in [1.165, 1.54) is 12.1 Å². The highest BCUT2D eigenvalue weighted by Gasteiger charge is 2.03. The Labute approximate surface area is 82.1 Å². The maximum Gasteiger partial charge on any atom is 0.269 e. The Balaban J connectivity index is 2.60. The Hall–Kier alpha value is -1.62. The number of nitro benzene ring substituents is 1. The molecule has 76 valence electrons. The zero-order chi connectivity index (χ0) is 10.6. The summed E-state index contributed by atoms with van der Waals surface area (Å²) in [5.74, 6) is 0. The Bertz CT molecular complexity index is 308. The first-order chi connectivity index (χ1) is 6.59. The van der Waals surface area contributed by atoms with Crippen LogP contribution in [0.5, 0.6) is 0 Å². The normalized spacial score (nSPS) is 12.1. The lowest BCUT2D eigenvalue weighted by Gasteiger charge is -2.08. The molecule has 0 aliphatic carbocycles. The molecule has 0 aromatic heterocycles. The van der Waals surface area contributed by atoms with Crippen LogP contribution in [0.3, 0.4) is 0 Å². The van der Waals surface area contributed by atoms with Gasteiger partial charge >= 0.3 is 0 Å². The molecule has 1 rings (SSSR count). The van der Waals surface area contributed by atoms with Gasteiger partial charge in [0, 0.05) is 30.4 Å². The third kappa shape index (κ3) is 3.02. The molecule has 1 aromatic rings. The molecule has 1 aromatic carbocycles. The molecule has 5 nitrogen and oxygen atoms in total. The van der Waals surface area contributed by atoms with Crippen LogP contribution in [-0.2, 0) is 0 Å². The van der Waals surface area contributed by atoms with Crippen molar-refractivity contribution in [1.82, 2.24) is 0 Å². The highest BCUT2D eigenvalue weighted by atomic mass is 16.6. The van der Waals surface area contributed by atoms with E-state index in [2.05, 4.69) is 5.32 Å². The molecule has 0 saturated carbocycles. The van der Waals surface area contributed by atoms with Gasteiger partial charge in [-0.15, -0.1) is 0 Å². The minimum atomic E-state index is -0.421. The molecule has 0 fully saturated rings. The van der Waals surface area contributed by atoms with Crippen LogP contribution in [0, 0.1) is 10.1 Å². The van der Waals surface area contributed by atoms with Crippen LogP contribution in [0.25, 0.3) is 0 Å². The van der Waals surface area contributed by atoms with E-state index >= 15 is 0 Å². The van der Waals surface area contributed by atoms with E-state index in [1.807, 2.05) is 6.92 Å². The SMILES string of the molecule is C[C@@H](N)CNc1ccc([N+](=O)[O-])cc1. The summed E-state index contributed by atoms with van der Waals surface area (Å²) in [4.78, 5) is 9.92. The molecule has 0 aliphatic rings. The second-order valence-corrected chi connectivity index (χ2v) is 3.16. The van der Waals surface area contributed by atoms with Crippen molar-refractivity contribution in [3.05, 3.63) is 34.4 Å². The van der Waals surface area contributed by atoms with Gasteiger partial charge in [0.05, 0.1) is 4.92 Å². The van der Waals surface area contributed by atoms with Crippen molar-refractivity contribution in [2.24, 2.45) is 5.73 Å². The third-order valence-corrected chi connectivity index (χ3v) is 1.71. The lowest BCUT2D eigenvalue weighted by atomic mass is 10.2. The second kappa shape index (κ2) is 4.57. The number of non-ortho nitro benzene ring substituents is 1. The minimum Gasteiger partial charge on any atom is -0.383 e.